The van der Waals surface area contributed by atoms with Crippen molar-refractivity contribution in [3.8, 4) is 0 Å². The number of benzene rings is 2. The number of carbonyl (C=O) groups is 1. The lowest BCUT2D eigenvalue weighted by molar-refractivity contribution is 0.212. The highest BCUT2D eigenvalue weighted by atomic mass is 19.2. The largest absolute Gasteiger partial charge is 0.322 e. The van der Waals surface area contributed by atoms with Gasteiger partial charge in [0.1, 0.15) is 5.82 Å². The van der Waals surface area contributed by atoms with Crippen LogP contribution in [0.15, 0.2) is 42.5 Å². The van der Waals surface area contributed by atoms with Gasteiger partial charge in [0.15, 0.2) is 11.6 Å². The summed E-state index contributed by atoms with van der Waals surface area (Å²) in [7, 11) is 0. The predicted octanol–water partition coefficient (Wildman–Crippen LogP) is 4.16. The number of amides is 2. The molecule has 2 rings (SSSR count). The molecule has 0 unspecified atom stereocenters. The van der Waals surface area contributed by atoms with E-state index in [1.54, 1.807) is 19.1 Å². The maximum atomic E-state index is 13.2. The number of nitrogens with zero attached hydrogens (tertiary/aromatic N) is 1. The zero-order valence-corrected chi connectivity index (χ0v) is 11.9. The van der Waals surface area contributed by atoms with Gasteiger partial charge in [0.25, 0.3) is 0 Å². The predicted molar refractivity (Wildman–Crippen MR) is 77.9 cm³/mol. The van der Waals surface area contributed by atoms with E-state index in [2.05, 4.69) is 5.32 Å². The van der Waals surface area contributed by atoms with Gasteiger partial charge in [-0.3, -0.25) is 0 Å². The number of carbonyl (C=O) groups excluding carboxylic acids is 1. The van der Waals surface area contributed by atoms with Gasteiger partial charge in [-0.25, -0.2) is 18.0 Å². The van der Waals surface area contributed by atoms with E-state index in [0.29, 0.717) is 12.1 Å². The summed E-state index contributed by atoms with van der Waals surface area (Å²) in [4.78, 5) is 13.6. The Kier molecular flexibility index (Phi) is 5.04. The molecule has 0 saturated heterocycles. The van der Waals surface area contributed by atoms with Crippen molar-refractivity contribution in [3.63, 3.8) is 0 Å². The van der Waals surface area contributed by atoms with Gasteiger partial charge >= 0.3 is 6.03 Å². The van der Waals surface area contributed by atoms with Gasteiger partial charge in [0, 0.05) is 24.8 Å². The van der Waals surface area contributed by atoms with E-state index >= 15 is 0 Å². The molecular formula is C16H15F3N2O. The summed E-state index contributed by atoms with van der Waals surface area (Å²) in [6, 6.07) is 8.57. The molecule has 0 fully saturated rings. The van der Waals surface area contributed by atoms with Crippen LogP contribution in [0, 0.1) is 17.5 Å². The molecule has 0 aliphatic heterocycles. The maximum Gasteiger partial charge on any atom is 0.322 e. The first-order valence-corrected chi connectivity index (χ1v) is 6.75. The molecule has 0 aromatic heterocycles. The molecule has 1 N–H and O–H groups in total. The van der Waals surface area contributed by atoms with Crippen molar-refractivity contribution in [1.82, 2.24) is 4.90 Å². The van der Waals surface area contributed by atoms with Crippen molar-refractivity contribution >= 4 is 11.7 Å². The molecule has 22 heavy (non-hydrogen) atoms. The van der Waals surface area contributed by atoms with Gasteiger partial charge in [-0.1, -0.05) is 12.1 Å². The molecule has 0 aliphatic carbocycles. The molecule has 0 radical (unpaired) electrons. The Hall–Kier alpha value is -2.50. The minimum absolute atomic E-state index is 0.154. The number of urea groups is 1. The second-order valence-electron chi connectivity index (χ2n) is 4.70. The van der Waals surface area contributed by atoms with Crippen LogP contribution in [0.1, 0.15) is 12.5 Å². The lowest BCUT2D eigenvalue weighted by atomic mass is 10.2. The van der Waals surface area contributed by atoms with E-state index in [0.717, 1.165) is 12.1 Å². The molecule has 0 bridgehead atoms. The molecule has 2 amide bonds. The SMILES string of the molecule is CCN(Cc1cccc(F)c1)C(=O)Nc1ccc(F)c(F)c1. The van der Waals surface area contributed by atoms with Gasteiger partial charge < -0.3 is 10.2 Å². The van der Waals surface area contributed by atoms with Crippen LogP contribution < -0.4 is 5.32 Å². The van der Waals surface area contributed by atoms with Crippen LogP contribution in [0.5, 0.6) is 0 Å². The van der Waals surface area contributed by atoms with Crippen LogP contribution >= 0.6 is 0 Å². The minimum atomic E-state index is -1.04. The summed E-state index contributed by atoms with van der Waals surface area (Å²) in [6.07, 6.45) is 0. The average molecular weight is 308 g/mol. The first-order valence-electron chi connectivity index (χ1n) is 6.75. The van der Waals surface area contributed by atoms with Crippen molar-refractivity contribution < 1.29 is 18.0 Å². The van der Waals surface area contributed by atoms with Crippen LogP contribution in [0.2, 0.25) is 0 Å². The normalized spacial score (nSPS) is 10.4. The summed E-state index contributed by atoms with van der Waals surface area (Å²) in [6.45, 7) is 2.36. The van der Waals surface area contributed by atoms with Crippen LogP contribution in [-0.2, 0) is 6.54 Å². The first-order chi connectivity index (χ1) is 10.5. The monoisotopic (exact) mass is 308 g/mol. The van der Waals surface area contributed by atoms with Crippen molar-refractivity contribution in [1.29, 1.82) is 0 Å². The van der Waals surface area contributed by atoms with Crippen molar-refractivity contribution in [2.75, 3.05) is 11.9 Å². The number of rotatable bonds is 4. The van der Waals surface area contributed by atoms with E-state index < -0.39 is 17.7 Å². The first kappa shape index (κ1) is 15.9. The third-order valence-corrected chi connectivity index (χ3v) is 3.10. The number of anilines is 1. The zero-order chi connectivity index (χ0) is 16.1. The standard InChI is InChI=1S/C16H15F3N2O/c1-2-21(10-11-4-3-5-12(17)8-11)16(22)20-13-6-7-14(18)15(19)9-13/h3-9H,2,10H2,1H3,(H,20,22). The van der Waals surface area contributed by atoms with Crippen molar-refractivity contribution in [3.05, 3.63) is 65.5 Å². The molecule has 0 atom stereocenters. The lowest BCUT2D eigenvalue weighted by Crippen LogP contribution is -2.34. The van der Waals surface area contributed by atoms with Crippen molar-refractivity contribution in [2.45, 2.75) is 13.5 Å². The summed E-state index contributed by atoms with van der Waals surface area (Å²) in [5.74, 6) is -2.40. The highest BCUT2D eigenvalue weighted by Gasteiger charge is 2.13. The summed E-state index contributed by atoms with van der Waals surface area (Å²) in [5, 5.41) is 2.48. The summed E-state index contributed by atoms with van der Waals surface area (Å²) < 4.78 is 39.1. The van der Waals surface area contributed by atoms with Gasteiger partial charge in [-0.15, -0.1) is 0 Å². The van der Waals surface area contributed by atoms with Gasteiger partial charge in [0.2, 0.25) is 0 Å². The maximum absolute atomic E-state index is 13.2. The lowest BCUT2D eigenvalue weighted by Gasteiger charge is -2.21. The molecular weight excluding hydrogens is 293 g/mol. The Morgan fingerprint density at radius 3 is 2.50 bits per heavy atom. The molecule has 3 nitrogen and oxygen atoms in total. The highest BCUT2D eigenvalue weighted by molar-refractivity contribution is 5.89. The number of hydrogen-bond acceptors (Lipinski definition) is 1. The molecule has 0 spiro atoms. The molecule has 0 heterocycles. The van der Waals surface area contributed by atoms with Crippen LogP contribution in [0.4, 0.5) is 23.7 Å². The Morgan fingerprint density at radius 2 is 1.86 bits per heavy atom. The van der Waals surface area contributed by atoms with E-state index in [-0.39, 0.29) is 18.0 Å². The van der Waals surface area contributed by atoms with Gasteiger partial charge in [-0.05, 0) is 36.8 Å². The molecule has 116 valence electrons. The molecule has 6 heteroatoms. The quantitative estimate of drug-likeness (QED) is 0.904. The molecule has 0 saturated carbocycles. The third-order valence-electron chi connectivity index (χ3n) is 3.10. The Balaban J connectivity index is 2.06. The van der Waals surface area contributed by atoms with E-state index in [9.17, 15) is 18.0 Å². The summed E-state index contributed by atoms with van der Waals surface area (Å²) >= 11 is 0. The second-order valence-corrected chi connectivity index (χ2v) is 4.70. The average Bonchev–Trinajstić information content (AvgIpc) is 2.48. The Morgan fingerprint density at radius 1 is 1.09 bits per heavy atom. The topological polar surface area (TPSA) is 32.3 Å². The van der Waals surface area contributed by atoms with E-state index in [1.165, 1.54) is 23.1 Å². The number of hydrogen-bond donors (Lipinski definition) is 1. The smallest absolute Gasteiger partial charge is 0.320 e. The third kappa shape index (κ3) is 4.00. The second kappa shape index (κ2) is 6.98. The molecule has 2 aromatic carbocycles. The van der Waals surface area contributed by atoms with Gasteiger partial charge in [-0.2, -0.15) is 0 Å². The number of nitrogens with one attached hydrogen (secondary N) is 1. The fourth-order valence-corrected chi connectivity index (χ4v) is 1.96. The highest BCUT2D eigenvalue weighted by Crippen LogP contribution is 2.14. The van der Waals surface area contributed by atoms with E-state index in [1.807, 2.05) is 0 Å². The fourth-order valence-electron chi connectivity index (χ4n) is 1.96. The van der Waals surface area contributed by atoms with Crippen LogP contribution in [-0.4, -0.2) is 17.5 Å². The zero-order valence-electron chi connectivity index (χ0n) is 11.9. The Labute approximate surface area is 126 Å². The molecule has 2 aromatic rings. The van der Waals surface area contributed by atoms with Crippen LogP contribution in [0.25, 0.3) is 0 Å². The van der Waals surface area contributed by atoms with Crippen molar-refractivity contribution in [2.24, 2.45) is 0 Å². The van der Waals surface area contributed by atoms with Crippen LogP contribution in [0.3, 0.4) is 0 Å². The molecule has 0 aliphatic rings. The fraction of sp³-hybridized carbons (Fsp3) is 0.188. The van der Waals surface area contributed by atoms with E-state index in [4.69, 9.17) is 0 Å². The summed E-state index contributed by atoms with van der Waals surface area (Å²) in [5.41, 5.74) is 0.795. The number of halogens is 3. The minimum Gasteiger partial charge on any atom is -0.320 e. The Bertz CT molecular complexity index is 676. The van der Waals surface area contributed by atoms with Gasteiger partial charge in [0.05, 0.1) is 0 Å².